The van der Waals surface area contributed by atoms with Crippen molar-refractivity contribution in [2.75, 3.05) is 0 Å². The smallest absolute Gasteiger partial charge is 0.0969 e. The summed E-state index contributed by atoms with van der Waals surface area (Å²) in [6, 6.07) is 30.1. The summed E-state index contributed by atoms with van der Waals surface area (Å²) in [6.45, 7) is 0.452. The van der Waals surface area contributed by atoms with Gasteiger partial charge in [-0.2, -0.15) is 0 Å². The van der Waals surface area contributed by atoms with Crippen molar-refractivity contribution in [1.82, 2.24) is 9.55 Å². The van der Waals surface area contributed by atoms with E-state index in [9.17, 15) is 5.11 Å². The number of aliphatic hydroxyl groups excluding tert-OH is 1. The molecule has 1 unspecified atom stereocenters. The van der Waals surface area contributed by atoms with E-state index in [1.54, 1.807) is 0 Å². The van der Waals surface area contributed by atoms with E-state index in [1.807, 2.05) is 77.6 Å². The number of benzene rings is 3. The molecule has 1 heterocycles. The first-order valence-corrected chi connectivity index (χ1v) is 8.72. The molecule has 0 saturated heterocycles. The van der Waals surface area contributed by atoms with E-state index in [2.05, 4.69) is 29.2 Å². The summed E-state index contributed by atoms with van der Waals surface area (Å²) >= 11 is 0. The molecule has 0 aliphatic heterocycles. The molecule has 26 heavy (non-hydrogen) atoms. The number of nitrogens with zero attached hydrogens (tertiary/aromatic N) is 2. The van der Waals surface area contributed by atoms with Crippen LogP contribution in [0.1, 0.15) is 11.7 Å². The fourth-order valence-corrected chi connectivity index (χ4v) is 3.19. The molecule has 1 atom stereocenters. The molecule has 0 bridgehead atoms. The van der Waals surface area contributed by atoms with Crippen LogP contribution in [0.25, 0.3) is 22.5 Å². The molecule has 0 saturated carbocycles. The number of aliphatic hydroxyl groups is 1. The van der Waals surface area contributed by atoms with Crippen LogP contribution in [0.4, 0.5) is 0 Å². The van der Waals surface area contributed by atoms with Gasteiger partial charge in [-0.3, -0.25) is 0 Å². The van der Waals surface area contributed by atoms with Gasteiger partial charge in [0.2, 0.25) is 0 Å². The van der Waals surface area contributed by atoms with Gasteiger partial charge in [0.05, 0.1) is 30.4 Å². The Kier molecular flexibility index (Phi) is 4.63. The fourth-order valence-electron chi connectivity index (χ4n) is 3.19. The summed E-state index contributed by atoms with van der Waals surface area (Å²) in [5.74, 6) is 0. The topological polar surface area (TPSA) is 38.0 Å². The van der Waals surface area contributed by atoms with Crippen molar-refractivity contribution in [2.24, 2.45) is 0 Å². The molecule has 128 valence electrons. The SMILES string of the molecule is OC(Cn1cnc(-c2ccccc2)c1-c1ccccc1)c1ccccc1. The van der Waals surface area contributed by atoms with E-state index in [4.69, 9.17) is 0 Å². The minimum Gasteiger partial charge on any atom is -0.387 e. The van der Waals surface area contributed by atoms with Crippen molar-refractivity contribution in [3.05, 3.63) is 103 Å². The highest BCUT2D eigenvalue weighted by Gasteiger charge is 2.17. The molecule has 1 N–H and O–H groups in total. The first-order chi connectivity index (χ1) is 12.8. The van der Waals surface area contributed by atoms with Crippen molar-refractivity contribution in [2.45, 2.75) is 12.6 Å². The fraction of sp³-hybridized carbons (Fsp3) is 0.0870. The molecule has 0 aliphatic carbocycles. The second kappa shape index (κ2) is 7.38. The predicted octanol–water partition coefficient (Wildman–Crippen LogP) is 4.95. The van der Waals surface area contributed by atoms with E-state index >= 15 is 0 Å². The van der Waals surface area contributed by atoms with E-state index in [0.717, 1.165) is 28.1 Å². The molecule has 0 fully saturated rings. The highest BCUT2D eigenvalue weighted by atomic mass is 16.3. The second-order valence-corrected chi connectivity index (χ2v) is 6.25. The van der Waals surface area contributed by atoms with Gasteiger partial charge in [0.15, 0.2) is 0 Å². The van der Waals surface area contributed by atoms with Gasteiger partial charge in [-0.05, 0) is 5.56 Å². The van der Waals surface area contributed by atoms with Crippen LogP contribution >= 0.6 is 0 Å². The van der Waals surface area contributed by atoms with Crippen LogP contribution in [0.2, 0.25) is 0 Å². The lowest BCUT2D eigenvalue weighted by atomic mass is 10.0. The Morgan fingerprint density at radius 3 is 1.88 bits per heavy atom. The molecule has 4 rings (SSSR count). The Hall–Kier alpha value is -3.17. The molecule has 0 radical (unpaired) electrons. The molecule has 4 aromatic rings. The van der Waals surface area contributed by atoms with E-state index in [-0.39, 0.29) is 0 Å². The maximum absolute atomic E-state index is 10.7. The molecule has 0 amide bonds. The number of hydrogen-bond acceptors (Lipinski definition) is 2. The third-order valence-corrected chi connectivity index (χ3v) is 4.49. The van der Waals surface area contributed by atoms with Crippen molar-refractivity contribution < 1.29 is 5.11 Å². The van der Waals surface area contributed by atoms with Gasteiger partial charge >= 0.3 is 0 Å². The second-order valence-electron chi connectivity index (χ2n) is 6.25. The first kappa shape index (κ1) is 16.3. The van der Waals surface area contributed by atoms with Crippen molar-refractivity contribution in [1.29, 1.82) is 0 Å². The number of rotatable bonds is 5. The van der Waals surface area contributed by atoms with Crippen LogP contribution in [-0.4, -0.2) is 14.7 Å². The minimum absolute atomic E-state index is 0.452. The summed E-state index contributed by atoms with van der Waals surface area (Å²) in [7, 11) is 0. The predicted molar refractivity (Wildman–Crippen MR) is 105 cm³/mol. The summed E-state index contributed by atoms with van der Waals surface area (Å²) in [4.78, 5) is 4.66. The van der Waals surface area contributed by atoms with E-state index in [1.165, 1.54) is 0 Å². The molecular formula is C23H20N2O. The molecular weight excluding hydrogens is 320 g/mol. The van der Waals surface area contributed by atoms with Gasteiger partial charge in [-0.15, -0.1) is 0 Å². The van der Waals surface area contributed by atoms with Gasteiger partial charge < -0.3 is 9.67 Å². The van der Waals surface area contributed by atoms with Crippen LogP contribution in [0.5, 0.6) is 0 Å². The third-order valence-electron chi connectivity index (χ3n) is 4.49. The van der Waals surface area contributed by atoms with Crippen molar-refractivity contribution in [3.8, 4) is 22.5 Å². The quantitative estimate of drug-likeness (QED) is 0.558. The molecule has 3 aromatic carbocycles. The van der Waals surface area contributed by atoms with Crippen LogP contribution < -0.4 is 0 Å². The lowest BCUT2D eigenvalue weighted by Gasteiger charge is -2.15. The molecule has 0 aliphatic rings. The highest BCUT2D eigenvalue weighted by molar-refractivity contribution is 5.78. The third kappa shape index (κ3) is 3.30. The van der Waals surface area contributed by atoms with Gasteiger partial charge in [-0.25, -0.2) is 4.98 Å². The zero-order valence-electron chi connectivity index (χ0n) is 14.4. The average Bonchev–Trinajstić information content (AvgIpc) is 3.13. The van der Waals surface area contributed by atoms with Crippen molar-refractivity contribution in [3.63, 3.8) is 0 Å². The lowest BCUT2D eigenvalue weighted by Crippen LogP contribution is -2.09. The van der Waals surface area contributed by atoms with Crippen molar-refractivity contribution >= 4 is 0 Å². The number of aromatic nitrogens is 2. The maximum atomic E-state index is 10.7. The Morgan fingerprint density at radius 2 is 1.27 bits per heavy atom. The van der Waals surface area contributed by atoms with E-state index in [0.29, 0.717) is 6.54 Å². The van der Waals surface area contributed by atoms with Gasteiger partial charge in [0.1, 0.15) is 0 Å². The van der Waals surface area contributed by atoms with Crippen LogP contribution in [0.15, 0.2) is 97.3 Å². The Morgan fingerprint density at radius 1 is 0.731 bits per heavy atom. The summed E-state index contributed by atoms with van der Waals surface area (Å²) < 4.78 is 2.04. The Bertz CT molecular complexity index is 963. The highest BCUT2D eigenvalue weighted by Crippen LogP contribution is 2.32. The summed E-state index contributed by atoms with van der Waals surface area (Å²) in [5.41, 5.74) is 5.01. The largest absolute Gasteiger partial charge is 0.387 e. The molecule has 0 spiro atoms. The van der Waals surface area contributed by atoms with Gasteiger partial charge in [-0.1, -0.05) is 91.0 Å². The Balaban J connectivity index is 1.77. The molecule has 3 heteroatoms. The molecule has 3 nitrogen and oxygen atoms in total. The summed E-state index contributed by atoms with van der Waals surface area (Å²) in [5, 5.41) is 10.7. The monoisotopic (exact) mass is 340 g/mol. The maximum Gasteiger partial charge on any atom is 0.0969 e. The first-order valence-electron chi connectivity index (χ1n) is 8.72. The number of imidazole rings is 1. The van der Waals surface area contributed by atoms with Gasteiger partial charge in [0, 0.05) is 11.1 Å². The van der Waals surface area contributed by atoms with E-state index < -0.39 is 6.10 Å². The zero-order chi connectivity index (χ0) is 17.8. The lowest BCUT2D eigenvalue weighted by molar-refractivity contribution is 0.157. The zero-order valence-corrected chi connectivity index (χ0v) is 14.4. The van der Waals surface area contributed by atoms with Crippen LogP contribution in [0.3, 0.4) is 0 Å². The number of hydrogen-bond donors (Lipinski definition) is 1. The average molecular weight is 340 g/mol. The minimum atomic E-state index is -0.587. The standard InChI is InChI=1S/C23H20N2O/c26-21(18-10-4-1-5-11-18)16-25-17-24-22(19-12-6-2-7-13-19)23(25)20-14-8-3-9-15-20/h1-15,17,21,26H,16H2. The molecule has 1 aromatic heterocycles. The van der Waals surface area contributed by atoms with Crippen LogP contribution in [-0.2, 0) is 6.54 Å². The summed E-state index contributed by atoms with van der Waals surface area (Å²) in [6.07, 6.45) is 1.23. The van der Waals surface area contributed by atoms with Gasteiger partial charge in [0.25, 0.3) is 0 Å². The Labute approximate surface area is 153 Å². The normalized spacial score (nSPS) is 12.0. The van der Waals surface area contributed by atoms with Crippen LogP contribution in [0, 0.1) is 0 Å².